The van der Waals surface area contributed by atoms with E-state index in [1.807, 2.05) is 0 Å². The van der Waals surface area contributed by atoms with Gasteiger partial charge in [-0.3, -0.25) is 14.9 Å². The van der Waals surface area contributed by atoms with Gasteiger partial charge in [0.1, 0.15) is 0 Å². The van der Waals surface area contributed by atoms with Crippen LogP contribution in [-0.4, -0.2) is 42.5 Å². The Balaban J connectivity index is 2.09. The van der Waals surface area contributed by atoms with Crippen molar-refractivity contribution in [3.05, 3.63) is 28.1 Å². The Morgan fingerprint density at radius 1 is 1.48 bits per heavy atom. The van der Waals surface area contributed by atoms with E-state index in [9.17, 15) is 19.3 Å². The fraction of sp³-hybridized carbons (Fsp3) is 0.462. The molecule has 1 aromatic rings. The van der Waals surface area contributed by atoms with E-state index in [4.69, 9.17) is 4.74 Å². The van der Waals surface area contributed by atoms with Crippen LogP contribution in [0.5, 0.6) is 5.75 Å². The standard InChI is InChI=1S/C13H16FN3O4/c1-21-12-7-10(9(14)6-11(12)17(19)20)15-8-13(18)16-4-2-3-5-16/h6-7,15H,2-5,8H2,1H3. The number of hydrogen-bond acceptors (Lipinski definition) is 5. The largest absolute Gasteiger partial charge is 0.490 e. The van der Waals surface area contributed by atoms with Crippen molar-refractivity contribution in [1.29, 1.82) is 0 Å². The zero-order valence-electron chi connectivity index (χ0n) is 11.6. The second-order valence-corrected chi connectivity index (χ2v) is 4.70. The summed E-state index contributed by atoms with van der Waals surface area (Å²) in [5.74, 6) is -0.974. The first-order valence-corrected chi connectivity index (χ1v) is 6.56. The number of hydrogen-bond donors (Lipinski definition) is 1. The lowest BCUT2D eigenvalue weighted by Crippen LogP contribution is -2.33. The number of benzene rings is 1. The van der Waals surface area contributed by atoms with Crippen molar-refractivity contribution in [3.8, 4) is 5.75 Å². The molecule has 1 aliphatic heterocycles. The summed E-state index contributed by atoms with van der Waals surface area (Å²) >= 11 is 0. The number of nitrogens with zero attached hydrogens (tertiary/aromatic N) is 2. The molecule has 0 saturated carbocycles. The number of anilines is 1. The summed E-state index contributed by atoms with van der Waals surface area (Å²) in [6, 6.07) is 1.96. The molecule has 0 aliphatic carbocycles. The smallest absolute Gasteiger partial charge is 0.313 e. The molecule has 0 radical (unpaired) electrons. The Bertz CT molecular complexity index is 559. The first-order valence-electron chi connectivity index (χ1n) is 6.56. The molecule has 0 bridgehead atoms. The van der Waals surface area contributed by atoms with Gasteiger partial charge in [-0.2, -0.15) is 0 Å². The maximum Gasteiger partial charge on any atom is 0.313 e. The lowest BCUT2D eigenvalue weighted by molar-refractivity contribution is -0.385. The maximum atomic E-state index is 13.8. The average molecular weight is 297 g/mol. The van der Waals surface area contributed by atoms with E-state index in [1.165, 1.54) is 13.2 Å². The summed E-state index contributed by atoms with van der Waals surface area (Å²) in [6.45, 7) is 1.37. The second-order valence-electron chi connectivity index (χ2n) is 4.70. The molecule has 7 nitrogen and oxygen atoms in total. The van der Waals surface area contributed by atoms with E-state index in [0.717, 1.165) is 18.9 Å². The van der Waals surface area contributed by atoms with Crippen LogP contribution in [0.15, 0.2) is 12.1 Å². The third-order valence-corrected chi connectivity index (χ3v) is 3.35. The normalized spacial score (nSPS) is 14.1. The highest BCUT2D eigenvalue weighted by molar-refractivity contribution is 5.81. The van der Waals surface area contributed by atoms with Crippen molar-refractivity contribution in [1.82, 2.24) is 4.90 Å². The summed E-state index contributed by atoms with van der Waals surface area (Å²) in [5.41, 5.74) is -0.448. The quantitative estimate of drug-likeness (QED) is 0.661. The topological polar surface area (TPSA) is 84.7 Å². The molecule has 1 saturated heterocycles. The molecule has 0 atom stereocenters. The zero-order valence-corrected chi connectivity index (χ0v) is 11.6. The highest BCUT2D eigenvalue weighted by atomic mass is 19.1. The average Bonchev–Trinajstić information content (AvgIpc) is 2.99. The second kappa shape index (κ2) is 6.38. The minimum Gasteiger partial charge on any atom is -0.490 e. The lowest BCUT2D eigenvalue weighted by Gasteiger charge is -2.16. The van der Waals surface area contributed by atoms with Gasteiger partial charge in [0.2, 0.25) is 5.91 Å². The van der Waals surface area contributed by atoms with Gasteiger partial charge in [0, 0.05) is 19.2 Å². The maximum absolute atomic E-state index is 13.8. The van der Waals surface area contributed by atoms with Crippen LogP contribution in [0.1, 0.15) is 12.8 Å². The van der Waals surface area contributed by atoms with Crippen molar-refractivity contribution in [2.24, 2.45) is 0 Å². The Kier molecular flexibility index (Phi) is 4.56. The third-order valence-electron chi connectivity index (χ3n) is 3.35. The van der Waals surface area contributed by atoms with Crippen LogP contribution < -0.4 is 10.1 Å². The van der Waals surface area contributed by atoms with Gasteiger partial charge >= 0.3 is 5.69 Å². The number of nitrogens with one attached hydrogen (secondary N) is 1. The van der Waals surface area contributed by atoms with Crippen LogP contribution in [-0.2, 0) is 4.79 Å². The minimum atomic E-state index is -0.795. The fourth-order valence-electron chi connectivity index (χ4n) is 2.23. The SMILES string of the molecule is COc1cc(NCC(=O)N2CCCC2)c(F)cc1[N+](=O)[O-]. The van der Waals surface area contributed by atoms with Crippen molar-refractivity contribution in [3.63, 3.8) is 0 Å². The van der Waals surface area contributed by atoms with Gasteiger partial charge in [-0.1, -0.05) is 0 Å². The number of carbonyl (C=O) groups is 1. The number of methoxy groups -OCH3 is 1. The van der Waals surface area contributed by atoms with Crippen LogP contribution in [0.4, 0.5) is 15.8 Å². The summed E-state index contributed by atoms with van der Waals surface area (Å²) in [7, 11) is 1.26. The van der Waals surface area contributed by atoms with E-state index in [0.29, 0.717) is 13.1 Å². The number of halogens is 1. The summed E-state index contributed by atoms with van der Waals surface area (Å²) in [4.78, 5) is 23.6. The molecule has 1 fully saturated rings. The first-order chi connectivity index (χ1) is 10.0. The molecule has 1 aliphatic rings. The number of rotatable bonds is 5. The van der Waals surface area contributed by atoms with Crippen LogP contribution >= 0.6 is 0 Å². The monoisotopic (exact) mass is 297 g/mol. The highest BCUT2D eigenvalue weighted by Gasteiger charge is 2.21. The number of ether oxygens (including phenoxy) is 1. The van der Waals surface area contributed by atoms with Crippen LogP contribution in [0.3, 0.4) is 0 Å². The van der Waals surface area contributed by atoms with Crippen LogP contribution in [0, 0.1) is 15.9 Å². The van der Waals surface area contributed by atoms with Crippen LogP contribution in [0.25, 0.3) is 0 Å². The molecule has 1 heterocycles. The predicted octanol–water partition coefficient (Wildman–Crippen LogP) is 1.78. The molecule has 0 unspecified atom stereocenters. The molecular formula is C13H16FN3O4. The van der Waals surface area contributed by atoms with Crippen molar-refractivity contribution < 1.29 is 18.8 Å². The Morgan fingerprint density at radius 2 is 2.14 bits per heavy atom. The van der Waals surface area contributed by atoms with Gasteiger partial charge < -0.3 is 15.0 Å². The number of amides is 1. The van der Waals surface area contributed by atoms with E-state index in [1.54, 1.807) is 4.90 Å². The van der Waals surface area contributed by atoms with E-state index >= 15 is 0 Å². The molecule has 1 N–H and O–H groups in total. The molecular weight excluding hydrogens is 281 g/mol. The van der Waals surface area contributed by atoms with Gasteiger partial charge in [0.05, 0.1) is 30.3 Å². The molecule has 0 spiro atoms. The predicted molar refractivity (Wildman–Crippen MR) is 73.9 cm³/mol. The fourth-order valence-corrected chi connectivity index (χ4v) is 2.23. The molecule has 114 valence electrons. The molecule has 8 heteroatoms. The number of carbonyl (C=O) groups excluding carboxylic acids is 1. The van der Waals surface area contributed by atoms with Gasteiger partial charge in [0.15, 0.2) is 11.6 Å². The summed E-state index contributed by atoms with van der Waals surface area (Å²) in [5, 5.41) is 13.4. The van der Waals surface area contributed by atoms with Crippen molar-refractivity contribution >= 4 is 17.3 Å². The highest BCUT2D eigenvalue weighted by Crippen LogP contribution is 2.32. The van der Waals surface area contributed by atoms with Gasteiger partial charge in [-0.15, -0.1) is 0 Å². The van der Waals surface area contributed by atoms with E-state index < -0.39 is 16.4 Å². The number of likely N-dealkylation sites (tertiary alicyclic amines) is 1. The Morgan fingerprint density at radius 3 is 2.71 bits per heavy atom. The Labute approximate surface area is 120 Å². The third kappa shape index (κ3) is 3.39. The van der Waals surface area contributed by atoms with E-state index in [2.05, 4.69) is 5.32 Å². The minimum absolute atomic E-state index is 0.00463. The van der Waals surface area contributed by atoms with Crippen molar-refractivity contribution in [2.75, 3.05) is 32.1 Å². The van der Waals surface area contributed by atoms with E-state index in [-0.39, 0.29) is 23.9 Å². The molecule has 21 heavy (non-hydrogen) atoms. The van der Waals surface area contributed by atoms with Gasteiger partial charge in [-0.05, 0) is 12.8 Å². The van der Waals surface area contributed by atoms with Crippen molar-refractivity contribution in [2.45, 2.75) is 12.8 Å². The summed E-state index contributed by atoms with van der Waals surface area (Å²) in [6.07, 6.45) is 1.96. The Hall–Kier alpha value is -2.38. The van der Waals surface area contributed by atoms with Crippen LogP contribution in [0.2, 0.25) is 0 Å². The van der Waals surface area contributed by atoms with Gasteiger partial charge in [-0.25, -0.2) is 4.39 Å². The molecule has 0 aromatic heterocycles. The number of nitro benzene ring substituents is 1. The first kappa shape index (κ1) is 15.0. The molecule has 1 aromatic carbocycles. The molecule has 1 amide bonds. The molecule has 2 rings (SSSR count). The number of nitro groups is 1. The zero-order chi connectivity index (χ0) is 15.4. The van der Waals surface area contributed by atoms with Gasteiger partial charge in [0.25, 0.3) is 0 Å². The summed E-state index contributed by atoms with van der Waals surface area (Å²) < 4.78 is 18.7. The lowest BCUT2D eigenvalue weighted by atomic mass is 10.2.